The molecular weight excluding hydrogens is 192 g/mol. The van der Waals surface area contributed by atoms with E-state index in [0.29, 0.717) is 5.69 Å². The van der Waals surface area contributed by atoms with Crippen molar-refractivity contribution in [2.24, 2.45) is 12.8 Å². The molecule has 0 bridgehead atoms. The Morgan fingerprint density at radius 1 is 1.67 bits per heavy atom. The summed E-state index contributed by atoms with van der Waals surface area (Å²) in [6.07, 6.45) is 3.26. The van der Waals surface area contributed by atoms with Crippen molar-refractivity contribution < 1.29 is 4.79 Å². The molecule has 0 aliphatic rings. The number of aromatic nitrogens is 2. The Morgan fingerprint density at radius 3 is 2.67 bits per heavy atom. The van der Waals surface area contributed by atoms with Gasteiger partial charge in [0.25, 0.3) is 5.91 Å². The summed E-state index contributed by atoms with van der Waals surface area (Å²) in [6, 6.07) is -0.120. The fourth-order valence-electron chi connectivity index (χ4n) is 1.00. The highest BCUT2D eigenvalue weighted by Gasteiger charge is 2.25. The number of amides is 1. The molecule has 84 valence electrons. The molecular formula is C10H18N4O. The van der Waals surface area contributed by atoms with Crippen molar-refractivity contribution in [1.82, 2.24) is 14.9 Å². The minimum atomic E-state index is -0.436. The van der Waals surface area contributed by atoms with Crippen molar-refractivity contribution in [3.8, 4) is 0 Å². The average Bonchev–Trinajstić information content (AvgIpc) is 2.50. The van der Waals surface area contributed by atoms with E-state index in [1.807, 2.05) is 27.8 Å². The highest BCUT2D eigenvalue weighted by atomic mass is 16.2. The molecule has 0 aromatic carbocycles. The zero-order valence-corrected chi connectivity index (χ0v) is 9.61. The number of nitrogens with two attached hydrogens (primary N) is 1. The number of hydrogen-bond donors (Lipinski definition) is 2. The van der Waals surface area contributed by atoms with E-state index in [9.17, 15) is 4.79 Å². The first kappa shape index (κ1) is 11.7. The monoisotopic (exact) mass is 210 g/mol. The van der Waals surface area contributed by atoms with Gasteiger partial charge in [-0.2, -0.15) is 0 Å². The van der Waals surface area contributed by atoms with Gasteiger partial charge >= 0.3 is 0 Å². The first-order valence-electron chi connectivity index (χ1n) is 4.89. The summed E-state index contributed by atoms with van der Waals surface area (Å²) < 4.78 is 1.73. The van der Waals surface area contributed by atoms with E-state index in [1.54, 1.807) is 17.1 Å². The maximum Gasteiger partial charge on any atom is 0.271 e. The van der Waals surface area contributed by atoms with Gasteiger partial charge in [-0.1, -0.05) is 0 Å². The van der Waals surface area contributed by atoms with Crippen LogP contribution in [0.2, 0.25) is 0 Å². The Kier molecular flexibility index (Phi) is 3.14. The average molecular weight is 210 g/mol. The van der Waals surface area contributed by atoms with E-state index in [0.717, 1.165) is 0 Å². The zero-order valence-electron chi connectivity index (χ0n) is 9.61. The van der Waals surface area contributed by atoms with Crippen LogP contribution in [0.25, 0.3) is 0 Å². The fourth-order valence-corrected chi connectivity index (χ4v) is 1.00. The lowest BCUT2D eigenvalue weighted by molar-refractivity contribution is 0.0898. The van der Waals surface area contributed by atoms with E-state index in [-0.39, 0.29) is 11.9 Å². The topological polar surface area (TPSA) is 72.9 Å². The Labute approximate surface area is 89.7 Å². The van der Waals surface area contributed by atoms with Gasteiger partial charge in [-0.3, -0.25) is 4.79 Å². The number of nitrogens with zero attached hydrogens (tertiary/aromatic N) is 2. The molecule has 1 heterocycles. The van der Waals surface area contributed by atoms with Crippen molar-refractivity contribution in [3.63, 3.8) is 0 Å². The lowest BCUT2D eigenvalue weighted by Crippen LogP contribution is -2.54. The molecule has 0 saturated carbocycles. The Hall–Kier alpha value is -1.36. The highest BCUT2D eigenvalue weighted by Crippen LogP contribution is 2.07. The van der Waals surface area contributed by atoms with Crippen LogP contribution in [0.3, 0.4) is 0 Å². The van der Waals surface area contributed by atoms with Crippen LogP contribution < -0.4 is 11.1 Å². The van der Waals surface area contributed by atoms with E-state index < -0.39 is 5.54 Å². The molecule has 5 heteroatoms. The van der Waals surface area contributed by atoms with Crippen molar-refractivity contribution in [2.75, 3.05) is 0 Å². The maximum atomic E-state index is 11.7. The maximum absolute atomic E-state index is 11.7. The Balaban J connectivity index is 2.72. The molecule has 0 fully saturated rings. The van der Waals surface area contributed by atoms with E-state index in [1.165, 1.54) is 0 Å². The molecule has 0 aliphatic carbocycles. The highest BCUT2D eigenvalue weighted by molar-refractivity contribution is 5.92. The summed E-state index contributed by atoms with van der Waals surface area (Å²) in [5.41, 5.74) is 5.73. The minimum absolute atomic E-state index is 0.120. The third-order valence-electron chi connectivity index (χ3n) is 2.51. The van der Waals surface area contributed by atoms with Crippen molar-refractivity contribution >= 4 is 5.91 Å². The summed E-state index contributed by atoms with van der Waals surface area (Å²) in [7, 11) is 1.82. The van der Waals surface area contributed by atoms with Gasteiger partial charge in [-0.05, 0) is 20.8 Å². The molecule has 1 aromatic rings. The van der Waals surface area contributed by atoms with Crippen LogP contribution in [-0.2, 0) is 7.05 Å². The summed E-state index contributed by atoms with van der Waals surface area (Å²) in [4.78, 5) is 15.7. The number of rotatable bonds is 3. The number of imidazole rings is 1. The molecule has 1 rings (SSSR count). The Morgan fingerprint density at radius 2 is 2.27 bits per heavy atom. The van der Waals surface area contributed by atoms with Gasteiger partial charge in [0.1, 0.15) is 5.69 Å². The summed E-state index contributed by atoms with van der Waals surface area (Å²) in [5, 5.41) is 2.85. The van der Waals surface area contributed by atoms with Gasteiger partial charge in [-0.25, -0.2) is 4.98 Å². The summed E-state index contributed by atoms with van der Waals surface area (Å²) in [6.45, 7) is 5.63. The second-order valence-electron chi connectivity index (χ2n) is 4.39. The summed E-state index contributed by atoms with van der Waals surface area (Å²) in [5.74, 6) is -0.196. The van der Waals surface area contributed by atoms with E-state index in [2.05, 4.69) is 10.3 Å². The third kappa shape index (κ3) is 2.79. The molecule has 1 amide bonds. The summed E-state index contributed by atoms with van der Waals surface area (Å²) >= 11 is 0. The first-order chi connectivity index (χ1) is 6.83. The second kappa shape index (κ2) is 4.02. The molecule has 0 radical (unpaired) electrons. The molecule has 3 N–H and O–H groups in total. The lowest BCUT2D eigenvalue weighted by atomic mass is 9.97. The molecule has 0 aliphatic heterocycles. The number of hydrogen-bond acceptors (Lipinski definition) is 3. The molecule has 1 atom stereocenters. The van der Waals surface area contributed by atoms with Gasteiger partial charge in [0.15, 0.2) is 0 Å². The van der Waals surface area contributed by atoms with Gasteiger partial charge in [-0.15, -0.1) is 0 Å². The second-order valence-corrected chi connectivity index (χ2v) is 4.39. The van der Waals surface area contributed by atoms with Gasteiger partial charge in [0, 0.05) is 24.8 Å². The van der Waals surface area contributed by atoms with Crippen LogP contribution >= 0.6 is 0 Å². The predicted octanol–water partition coefficient (Wildman–Crippen LogP) is 0.276. The standard InChI is InChI=1S/C10H18N4O/c1-7(11)10(2,3)13-9(15)8-5-14(4)6-12-8/h5-7H,11H2,1-4H3,(H,13,15). The first-order valence-corrected chi connectivity index (χ1v) is 4.89. The van der Waals surface area contributed by atoms with Gasteiger partial charge in [0.05, 0.1) is 6.33 Å². The number of nitrogens with one attached hydrogen (secondary N) is 1. The zero-order chi connectivity index (χ0) is 11.6. The van der Waals surface area contributed by atoms with Crippen LogP contribution in [-0.4, -0.2) is 27.0 Å². The normalized spacial score (nSPS) is 13.7. The molecule has 1 aromatic heterocycles. The van der Waals surface area contributed by atoms with Crippen LogP contribution in [0.5, 0.6) is 0 Å². The van der Waals surface area contributed by atoms with E-state index in [4.69, 9.17) is 5.73 Å². The van der Waals surface area contributed by atoms with Crippen molar-refractivity contribution in [2.45, 2.75) is 32.4 Å². The number of carbonyl (C=O) groups is 1. The van der Waals surface area contributed by atoms with Gasteiger partial charge in [0.2, 0.25) is 0 Å². The van der Waals surface area contributed by atoms with Crippen LogP contribution in [0.15, 0.2) is 12.5 Å². The largest absolute Gasteiger partial charge is 0.344 e. The van der Waals surface area contributed by atoms with Crippen LogP contribution in [0.4, 0.5) is 0 Å². The molecule has 15 heavy (non-hydrogen) atoms. The van der Waals surface area contributed by atoms with Crippen LogP contribution in [0, 0.1) is 0 Å². The van der Waals surface area contributed by atoms with Crippen molar-refractivity contribution in [3.05, 3.63) is 18.2 Å². The SMILES string of the molecule is CC(N)C(C)(C)NC(=O)c1cn(C)cn1. The molecule has 0 spiro atoms. The predicted molar refractivity (Wildman–Crippen MR) is 58.4 cm³/mol. The lowest BCUT2D eigenvalue weighted by Gasteiger charge is -2.29. The molecule has 1 unspecified atom stereocenters. The Bertz CT molecular complexity index is 354. The number of aryl methyl sites for hydroxylation is 1. The number of carbonyl (C=O) groups excluding carboxylic acids is 1. The minimum Gasteiger partial charge on any atom is -0.344 e. The molecule has 0 saturated heterocycles. The quantitative estimate of drug-likeness (QED) is 0.752. The fraction of sp³-hybridized carbons (Fsp3) is 0.600. The molecule has 5 nitrogen and oxygen atoms in total. The smallest absolute Gasteiger partial charge is 0.271 e. The van der Waals surface area contributed by atoms with Crippen LogP contribution in [0.1, 0.15) is 31.3 Å². The van der Waals surface area contributed by atoms with E-state index >= 15 is 0 Å². The third-order valence-corrected chi connectivity index (χ3v) is 2.51. The van der Waals surface area contributed by atoms with Gasteiger partial charge < -0.3 is 15.6 Å². The van der Waals surface area contributed by atoms with Crippen molar-refractivity contribution in [1.29, 1.82) is 0 Å².